The Morgan fingerprint density at radius 2 is 2.00 bits per heavy atom. The molecule has 1 aromatic heterocycles. The molecule has 0 aromatic carbocycles. The van der Waals surface area contributed by atoms with Crippen molar-refractivity contribution in [3.63, 3.8) is 0 Å². The van der Waals surface area contributed by atoms with Gasteiger partial charge in [0.05, 0.1) is 5.69 Å². The molecule has 0 aliphatic carbocycles. The van der Waals surface area contributed by atoms with E-state index in [1.54, 1.807) is 0 Å². The lowest BCUT2D eigenvalue weighted by atomic mass is 10.3. The molecule has 0 atom stereocenters. The van der Waals surface area contributed by atoms with Crippen molar-refractivity contribution in [1.82, 2.24) is 14.9 Å². The predicted molar refractivity (Wildman–Crippen MR) is 71.6 cm³/mol. The molecule has 17 heavy (non-hydrogen) atoms. The molecular weight excluding hydrogens is 284 g/mol. The van der Waals surface area contributed by atoms with Gasteiger partial charge < -0.3 is 9.80 Å². The van der Waals surface area contributed by atoms with E-state index in [2.05, 4.69) is 42.7 Å². The van der Waals surface area contributed by atoms with Gasteiger partial charge in [-0.1, -0.05) is 6.92 Å². The van der Waals surface area contributed by atoms with Crippen LogP contribution >= 0.6 is 15.9 Å². The van der Waals surface area contributed by atoms with E-state index in [1.807, 2.05) is 6.92 Å². The van der Waals surface area contributed by atoms with Crippen molar-refractivity contribution in [3.8, 4) is 0 Å². The van der Waals surface area contributed by atoms with E-state index in [0.717, 1.165) is 38.3 Å². The summed E-state index contributed by atoms with van der Waals surface area (Å²) in [5.41, 5.74) is 0.730. The van der Waals surface area contributed by atoms with Crippen molar-refractivity contribution >= 4 is 21.9 Å². The summed E-state index contributed by atoms with van der Waals surface area (Å²) >= 11 is 3.28. The molecular formula is C11H17BrN4O. The monoisotopic (exact) mass is 300 g/mol. The summed E-state index contributed by atoms with van der Waals surface area (Å²) < 4.78 is 0.554. The Labute approximate surface area is 109 Å². The predicted octanol–water partition coefficient (Wildman–Crippen LogP) is 0.847. The van der Waals surface area contributed by atoms with Crippen molar-refractivity contribution in [3.05, 3.63) is 20.5 Å². The van der Waals surface area contributed by atoms with Gasteiger partial charge in [0.1, 0.15) is 4.47 Å². The van der Waals surface area contributed by atoms with Gasteiger partial charge in [-0.15, -0.1) is 0 Å². The van der Waals surface area contributed by atoms with Crippen molar-refractivity contribution in [2.45, 2.75) is 13.3 Å². The van der Waals surface area contributed by atoms with E-state index in [0.29, 0.717) is 10.4 Å². The number of aromatic amines is 1. The number of nitrogens with zero attached hydrogens (tertiary/aromatic N) is 3. The number of aromatic nitrogens is 2. The van der Waals surface area contributed by atoms with E-state index >= 15 is 0 Å². The molecule has 2 heterocycles. The van der Waals surface area contributed by atoms with E-state index < -0.39 is 0 Å². The third-order valence-electron chi connectivity index (χ3n) is 3.06. The standard InChI is InChI=1S/C11H17BrN4O/c1-3-8-9(12)10(17)14-11(13-8)16-6-4-15(2)5-7-16/h3-7H2,1-2H3,(H,13,14,17). The number of nitrogens with one attached hydrogen (secondary N) is 1. The highest BCUT2D eigenvalue weighted by Crippen LogP contribution is 2.14. The second-order valence-electron chi connectivity index (χ2n) is 4.29. The lowest BCUT2D eigenvalue weighted by molar-refractivity contribution is 0.311. The minimum absolute atomic E-state index is 0.0919. The number of aryl methyl sites for hydroxylation is 1. The van der Waals surface area contributed by atoms with Crippen LogP contribution in [0.15, 0.2) is 9.27 Å². The van der Waals surface area contributed by atoms with E-state index in [-0.39, 0.29) is 5.56 Å². The number of hydrogen-bond donors (Lipinski definition) is 1. The van der Waals surface area contributed by atoms with Crippen LogP contribution in [0.25, 0.3) is 0 Å². The number of likely N-dealkylation sites (N-methyl/N-ethyl adjacent to an activating group) is 1. The van der Waals surface area contributed by atoms with Gasteiger partial charge in [0, 0.05) is 26.2 Å². The fourth-order valence-corrected chi connectivity index (χ4v) is 2.36. The molecule has 0 spiro atoms. The average molecular weight is 301 g/mol. The first-order valence-corrected chi connectivity index (χ1v) is 6.63. The molecule has 0 unspecified atom stereocenters. The summed E-state index contributed by atoms with van der Waals surface area (Å²) in [7, 11) is 2.10. The molecule has 1 fully saturated rings. The van der Waals surface area contributed by atoms with Crippen LogP contribution in [-0.2, 0) is 6.42 Å². The molecule has 5 nitrogen and oxygen atoms in total. The van der Waals surface area contributed by atoms with Crippen LogP contribution in [0.3, 0.4) is 0 Å². The first kappa shape index (κ1) is 12.6. The fourth-order valence-electron chi connectivity index (χ4n) is 1.89. The van der Waals surface area contributed by atoms with Gasteiger partial charge in [-0.2, -0.15) is 0 Å². The molecule has 94 valence electrons. The average Bonchev–Trinajstić information content (AvgIpc) is 2.33. The Morgan fingerprint density at radius 3 is 2.59 bits per heavy atom. The zero-order valence-corrected chi connectivity index (χ0v) is 11.7. The maximum absolute atomic E-state index is 11.7. The molecule has 1 saturated heterocycles. The Balaban J connectivity index is 2.27. The van der Waals surface area contributed by atoms with Crippen LogP contribution in [0.4, 0.5) is 5.95 Å². The number of rotatable bonds is 2. The number of H-pyrrole nitrogens is 1. The van der Waals surface area contributed by atoms with Gasteiger partial charge in [-0.25, -0.2) is 4.98 Å². The molecule has 0 radical (unpaired) electrons. The normalized spacial score (nSPS) is 17.5. The lowest BCUT2D eigenvalue weighted by Gasteiger charge is -2.32. The second kappa shape index (κ2) is 5.18. The van der Waals surface area contributed by atoms with E-state index in [9.17, 15) is 4.79 Å². The van der Waals surface area contributed by atoms with Gasteiger partial charge in [0.2, 0.25) is 5.95 Å². The van der Waals surface area contributed by atoms with Gasteiger partial charge >= 0.3 is 0 Å². The molecule has 1 N–H and O–H groups in total. The molecule has 2 rings (SSSR count). The highest BCUT2D eigenvalue weighted by molar-refractivity contribution is 9.10. The van der Waals surface area contributed by atoms with Crippen LogP contribution in [0.2, 0.25) is 0 Å². The first-order valence-electron chi connectivity index (χ1n) is 5.84. The quantitative estimate of drug-likeness (QED) is 0.880. The number of hydrogen-bond acceptors (Lipinski definition) is 4. The van der Waals surface area contributed by atoms with Crippen LogP contribution in [0.5, 0.6) is 0 Å². The summed E-state index contributed by atoms with van der Waals surface area (Å²) in [5, 5.41) is 0. The SMILES string of the molecule is CCc1nc(N2CCN(C)CC2)[nH]c(=O)c1Br. The minimum Gasteiger partial charge on any atom is -0.340 e. The highest BCUT2D eigenvalue weighted by Gasteiger charge is 2.17. The number of piperazine rings is 1. The molecule has 0 amide bonds. The third kappa shape index (κ3) is 2.69. The largest absolute Gasteiger partial charge is 0.340 e. The maximum Gasteiger partial charge on any atom is 0.266 e. The van der Waals surface area contributed by atoms with Crippen LogP contribution < -0.4 is 10.5 Å². The zero-order chi connectivity index (χ0) is 12.4. The van der Waals surface area contributed by atoms with Gasteiger partial charge in [-0.3, -0.25) is 9.78 Å². The molecule has 0 saturated carbocycles. The van der Waals surface area contributed by atoms with Gasteiger partial charge in [0.15, 0.2) is 0 Å². The maximum atomic E-state index is 11.7. The van der Waals surface area contributed by atoms with Crippen molar-refractivity contribution < 1.29 is 0 Å². The fraction of sp³-hybridized carbons (Fsp3) is 0.636. The zero-order valence-electron chi connectivity index (χ0n) is 10.2. The molecule has 0 bridgehead atoms. The molecule has 6 heteroatoms. The molecule has 1 aromatic rings. The van der Waals surface area contributed by atoms with Crippen molar-refractivity contribution in [2.75, 3.05) is 38.1 Å². The Bertz CT molecular complexity index is 451. The van der Waals surface area contributed by atoms with Crippen LogP contribution in [0, 0.1) is 0 Å². The summed E-state index contributed by atoms with van der Waals surface area (Å²) in [4.78, 5) is 23.5. The molecule has 1 aliphatic heterocycles. The second-order valence-corrected chi connectivity index (χ2v) is 5.09. The van der Waals surface area contributed by atoms with Crippen molar-refractivity contribution in [2.24, 2.45) is 0 Å². The number of halogens is 1. The number of anilines is 1. The van der Waals surface area contributed by atoms with E-state index in [1.165, 1.54) is 0 Å². The lowest BCUT2D eigenvalue weighted by Crippen LogP contribution is -2.45. The van der Waals surface area contributed by atoms with Gasteiger partial charge in [-0.05, 0) is 29.4 Å². The topological polar surface area (TPSA) is 52.2 Å². The third-order valence-corrected chi connectivity index (χ3v) is 3.87. The summed E-state index contributed by atoms with van der Waals surface area (Å²) in [5.74, 6) is 0.697. The minimum atomic E-state index is -0.0919. The first-order chi connectivity index (χ1) is 8.11. The Hall–Kier alpha value is -0.880. The Morgan fingerprint density at radius 1 is 1.35 bits per heavy atom. The summed E-state index contributed by atoms with van der Waals surface area (Å²) in [6.07, 6.45) is 0.755. The van der Waals surface area contributed by atoms with E-state index in [4.69, 9.17) is 0 Å². The van der Waals surface area contributed by atoms with Crippen LogP contribution in [-0.4, -0.2) is 48.1 Å². The van der Waals surface area contributed by atoms with Crippen LogP contribution in [0.1, 0.15) is 12.6 Å². The summed E-state index contributed by atoms with van der Waals surface area (Å²) in [6.45, 7) is 5.82. The van der Waals surface area contributed by atoms with Crippen molar-refractivity contribution in [1.29, 1.82) is 0 Å². The summed E-state index contributed by atoms with van der Waals surface area (Å²) in [6, 6.07) is 0. The smallest absolute Gasteiger partial charge is 0.266 e. The molecule has 1 aliphatic rings. The highest BCUT2D eigenvalue weighted by atomic mass is 79.9. The van der Waals surface area contributed by atoms with Gasteiger partial charge in [0.25, 0.3) is 5.56 Å². The Kier molecular flexibility index (Phi) is 3.83.